The minimum Gasteiger partial charge on any atom is -0.311 e. The van der Waals surface area contributed by atoms with Crippen molar-refractivity contribution in [1.29, 1.82) is 0 Å². The average molecular weight is 389 g/mol. The van der Waals surface area contributed by atoms with Crippen molar-refractivity contribution in [1.82, 2.24) is 9.97 Å². The molecule has 30 heavy (non-hydrogen) atoms. The van der Waals surface area contributed by atoms with E-state index < -0.39 is 0 Å². The number of benzene rings is 4. The summed E-state index contributed by atoms with van der Waals surface area (Å²) < 4.78 is 0. The Morgan fingerprint density at radius 2 is 1.13 bits per heavy atom. The van der Waals surface area contributed by atoms with Gasteiger partial charge in [-0.25, -0.2) is 4.98 Å². The quantitative estimate of drug-likeness (QED) is 0.406. The van der Waals surface area contributed by atoms with Gasteiger partial charge in [-0.15, -0.1) is 0 Å². The van der Waals surface area contributed by atoms with Crippen LogP contribution in [-0.2, 0) is 0 Å². The van der Waals surface area contributed by atoms with Crippen LogP contribution in [0.15, 0.2) is 114 Å². The number of hydrogen-bond acceptors (Lipinski definition) is 3. The van der Waals surface area contributed by atoms with Crippen LogP contribution in [0.5, 0.6) is 0 Å². The molecule has 0 radical (unpaired) electrons. The zero-order valence-electron chi connectivity index (χ0n) is 16.2. The van der Waals surface area contributed by atoms with Crippen LogP contribution < -0.4 is 10.5 Å². The van der Waals surface area contributed by atoms with Gasteiger partial charge in [0, 0.05) is 22.6 Å². The van der Waals surface area contributed by atoms with E-state index in [0.29, 0.717) is 16.7 Å². The van der Waals surface area contributed by atoms with E-state index in [1.54, 1.807) is 6.07 Å². The third-order valence-electron chi connectivity index (χ3n) is 5.04. The summed E-state index contributed by atoms with van der Waals surface area (Å²) in [7, 11) is 0. The fraction of sp³-hybridized carbons (Fsp3) is 0. The number of para-hydroxylation sites is 3. The maximum atomic E-state index is 12.4. The summed E-state index contributed by atoms with van der Waals surface area (Å²) >= 11 is 0. The number of anilines is 3. The standard InChI is InChI=1S/C26H19N3O/c30-26-23-13-7-8-14-24(23)27-25(28-26)19-15-17-22(18-16-19)29(20-9-3-1-4-10-20)21-11-5-2-6-12-21/h1-18H,(H,27,28,30). The molecule has 0 bridgehead atoms. The van der Waals surface area contributed by atoms with Crippen LogP contribution >= 0.6 is 0 Å². The Hall–Kier alpha value is -4.18. The van der Waals surface area contributed by atoms with Crippen molar-refractivity contribution < 1.29 is 0 Å². The van der Waals surface area contributed by atoms with Crippen LogP contribution in [0.25, 0.3) is 22.3 Å². The Bertz CT molecular complexity index is 1300. The van der Waals surface area contributed by atoms with Crippen molar-refractivity contribution in [3.8, 4) is 11.4 Å². The van der Waals surface area contributed by atoms with Gasteiger partial charge in [0.25, 0.3) is 5.56 Å². The lowest BCUT2D eigenvalue weighted by molar-refractivity contribution is 1.18. The van der Waals surface area contributed by atoms with E-state index in [1.807, 2.05) is 78.9 Å². The number of nitrogens with zero attached hydrogens (tertiary/aromatic N) is 2. The molecule has 0 unspecified atom stereocenters. The van der Waals surface area contributed by atoms with Gasteiger partial charge in [0.2, 0.25) is 0 Å². The Morgan fingerprint density at radius 3 is 1.77 bits per heavy atom. The molecule has 5 aromatic rings. The molecular weight excluding hydrogens is 370 g/mol. The molecule has 0 aliphatic carbocycles. The second-order valence-corrected chi connectivity index (χ2v) is 6.99. The maximum Gasteiger partial charge on any atom is 0.259 e. The Morgan fingerprint density at radius 1 is 0.600 bits per heavy atom. The number of hydrogen-bond donors (Lipinski definition) is 1. The zero-order chi connectivity index (χ0) is 20.3. The topological polar surface area (TPSA) is 49.0 Å². The number of nitrogens with one attached hydrogen (secondary N) is 1. The second kappa shape index (κ2) is 7.68. The summed E-state index contributed by atoms with van der Waals surface area (Å²) in [4.78, 5) is 22.1. The molecule has 1 aromatic heterocycles. The molecule has 0 saturated carbocycles. The van der Waals surface area contributed by atoms with E-state index in [4.69, 9.17) is 0 Å². The van der Waals surface area contributed by atoms with Crippen molar-refractivity contribution in [3.05, 3.63) is 120 Å². The van der Waals surface area contributed by atoms with Crippen molar-refractivity contribution in [2.45, 2.75) is 0 Å². The zero-order valence-corrected chi connectivity index (χ0v) is 16.2. The van der Waals surface area contributed by atoms with E-state index in [0.717, 1.165) is 22.6 Å². The van der Waals surface area contributed by atoms with Crippen molar-refractivity contribution in [2.24, 2.45) is 0 Å². The minimum atomic E-state index is -0.130. The number of rotatable bonds is 4. The van der Waals surface area contributed by atoms with Crippen molar-refractivity contribution in [2.75, 3.05) is 4.90 Å². The van der Waals surface area contributed by atoms with Gasteiger partial charge >= 0.3 is 0 Å². The Balaban J connectivity index is 1.57. The first-order valence-corrected chi connectivity index (χ1v) is 9.79. The molecule has 0 fully saturated rings. The lowest BCUT2D eigenvalue weighted by atomic mass is 10.1. The highest BCUT2D eigenvalue weighted by Crippen LogP contribution is 2.34. The van der Waals surface area contributed by atoms with Crippen LogP contribution in [0.3, 0.4) is 0 Å². The smallest absolute Gasteiger partial charge is 0.259 e. The van der Waals surface area contributed by atoms with Gasteiger partial charge in [0.05, 0.1) is 10.9 Å². The van der Waals surface area contributed by atoms with E-state index in [1.165, 1.54) is 0 Å². The molecule has 0 aliphatic rings. The molecule has 4 nitrogen and oxygen atoms in total. The lowest BCUT2D eigenvalue weighted by Gasteiger charge is -2.25. The summed E-state index contributed by atoms with van der Waals surface area (Å²) in [5, 5.41) is 0.595. The average Bonchev–Trinajstić information content (AvgIpc) is 2.81. The SMILES string of the molecule is O=c1[nH]c(-c2ccc(N(c3ccccc3)c3ccccc3)cc2)nc2ccccc12. The van der Waals surface area contributed by atoms with Gasteiger partial charge in [-0.1, -0.05) is 48.5 Å². The summed E-state index contributed by atoms with van der Waals surface area (Å²) in [5.41, 5.74) is 4.61. The molecular formula is C26H19N3O. The van der Waals surface area contributed by atoms with E-state index in [2.05, 4.69) is 39.1 Å². The highest BCUT2D eigenvalue weighted by Gasteiger charge is 2.12. The number of fused-ring (bicyclic) bond motifs is 1. The van der Waals surface area contributed by atoms with Crippen LogP contribution in [0.1, 0.15) is 0 Å². The van der Waals surface area contributed by atoms with Crippen molar-refractivity contribution >= 4 is 28.0 Å². The van der Waals surface area contributed by atoms with Gasteiger partial charge in [-0.3, -0.25) is 4.79 Å². The highest BCUT2D eigenvalue weighted by atomic mass is 16.1. The van der Waals surface area contributed by atoms with Gasteiger partial charge in [-0.05, 0) is 60.7 Å². The first kappa shape index (κ1) is 17.9. The Labute approximate surface area is 174 Å². The van der Waals surface area contributed by atoms with Gasteiger partial charge < -0.3 is 9.88 Å². The van der Waals surface area contributed by atoms with E-state index >= 15 is 0 Å². The lowest BCUT2D eigenvalue weighted by Crippen LogP contribution is -2.10. The highest BCUT2D eigenvalue weighted by molar-refractivity contribution is 5.80. The van der Waals surface area contributed by atoms with Crippen LogP contribution in [0, 0.1) is 0 Å². The van der Waals surface area contributed by atoms with Gasteiger partial charge in [0.1, 0.15) is 5.82 Å². The number of aromatic amines is 1. The fourth-order valence-corrected chi connectivity index (χ4v) is 3.59. The summed E-state index contributed by atoms with van der Waals surface area (Å²) in [6, 6.07) is 35.9. The molecule has 0 spiro atoms. The van der Waals surface area contributed by atoms with Crippen molar-refractivity contribution in [3.63, 3.8) is 0 Å². The van der Waals surface area contributed by atoms with Gasteiger partial charge in [-0.2, -0.15) is 0 Å². The summed E-state index contributed by atoms with van der Waals surface area (Å²) in [5.74, 6) is 0.566. The molecule has 0 saturated heterocycles. The van der Waals surface area contributed by atoms with E-state index in [-0.39, 0.29) is 5.56 Å². The van der Waals surface area contributed by atoms with Crippen LogP contribution in [-0.4, -0.2) is 9.97 Å². The minimum absolute atomic E-state index is 0.130. The largest absolute Gasteiger partial charge is 0.311 e. The molecule has 0 amide bonds. The maximum absolute atomic E-state index is 12.4. The molecule has 1 heterocycles. The fourth-order valence-electron chi connectivity index (χ4n) is 3.59. The van der Waals surface area contributed by atoms with E-state index in [9.17, 15) is 4.79 Å². The normalized spacial score (nSPS) is 10.8. The third kappa shape index (κ3) is 3.35. The molecule has 5 rings (SSSR count). The summed E-state index contributed by atoms with van der Waals surface area (Å²) in [6.45, 7) is 0. The first-order valence-electron chi connectivity index (χ1n) is 9.79. The molecule has 1 N–H and O–H groups in total. The number of H-pyrrole nitrogens is 1. The third-order valence-corrected chi connectivity index (χ3v) is 5.04. The predicted molar refractivity (Wildman–Crippen MR) is 122 cm³/mol. The summed E-state index contributed by atoms with van der Waals surface area (Å²) in [6.07, 6.45) is 0. The molecule has 4 aromatic carbocycles. The van der Waals surface area contributed by atoms with Gasteiger partial charge in [0.15, 0.2) is 0 Å². The molecule has 4 heteroatoms. The number of aromatic nitrogens is 2. The second-order valence-electron chi connectivity index (χ2n) is 6.99. The predicted octanol–water partition coefficient (Wildman–Crippen LogP) is 6.06. The Kier molecular flexibility index (Phi) is 4.58. The molecule has 144 valence electrons. The van der Waals surface area contributed by atoms with Crippen LogP contribution in [0.2, 0.25) is 0 Å². The molecule has 0 atom stereocenters. The molecule has 0 aliphatic heterocycles. The first-order chi connectivity index (χ1) is 14.8. The van der Waals surface area contributed by atoms with Crippen LogP contribution in [0.4, 0.5) is 17.1 Å². The monoisotopic (exact) mass is 389 g/mol.